The van der Waals surface area contributed by atoms with Crippen molar-refractivity contribution in [1.82, 2.24) is 4.98 Å². The first-order valence-corrected chi connectivity index (χ1v) is 8.78. The second kappa shape index (κ2) is 6.38. The van der Waals surface area contributed by atoms with Crippen LogP contribution >= 0.6 is 11.3 Å². The zero-order valence-electron chi connectivity index (χ0n) is 13.9. The summed E-state index contributed by atoms with van der Waals surface area (Å²) < 4.78 is 17.1. The van der Waals surface area contributed by atoms with E-state index < -0.39 is 0 Å². The zero-order chi connectivity index (χ0) is 17.4. The molecule has 1 aliphatic heterocycles. The Morgan fingerprint density at radius 3 is 2.84 bits per heavy atom. The second-order valence-corrected chi connectivity index (χ2v) is 7.07. The number of carbonyl (C=O) groups is 1. The molecule has 3 aromatic rings. The number of amides is 1. The quantitative estimate of drug-likeness (QED) is 0.745. The summed E-state index contributed by atoms with van der Waals surface area (Å²) in [6.07, 6.45) is 1.50. The van der Waals surface area contributed by atoms with E-state index in [0.717, 1.165) is 16.8 Å². The smallest absolute Gasteiger partial charge is 0.295 e. The Hall–Kier alpha value is -2.58. The molecule has 4 rings (SSSR count). The van der Waals surface area contributed by atoms with E-state index in [1.165, 1.54) is 22.5 Å². The number of furan rings is 1. The standard InChI is InChI=1S/C17H17N3O4S/c1-19(2)5-6-20(16(21)12-4-3-7-22-12)17-18-11-8-13-14(24-10-23-13)9-15(11)25-17/h3-4,7-9H,5-6,10H2,1-2H3/p+1. The molecule has 25 heavy (non-hydrogen) atoms. The van der Waals surface area contributed by atoms with Crippen LogP contribution in [-0.2, 0) is 0 Å². The molecule has 1 N–H and O–H groups in total. The van der Waals surface area contributed by atoms with Gasteiger partial charge in [0, 0.05) is 12.1 Å². The van der Waals surface area contributed by atoms with Gasteiger partial charge < -0.3 is 18.8 Å². The molecule has 1 amide bonds. The predicted octanol–water partition coefficient (Wildman–Crippen LogP) is 1.41. The number of thiazole rings is 1. The fourth-order valence-corrected chi connectivity index (χ4v) is 3.57. The summed E-state index contributed by atoms with van der Waals surface area (Å²) in [7, 11) is 4.10. The van der Waals surface area contributed by atoms with Crippen LogP contribution in [0.25, 0.3) is 10.2 Å². The van der Waals surface area contributed by atoms with Crippen LogP contribution in [0.1, 0.15) is 10.6 Å². The lowest BCUT2D eigenvalue weighted by molar-refractivity contribution is -0.856. The van der Waals surface area contributed by atoms with Gasteiger partial charge in [-0.25, -0.2) is 4.98 Å². The number of nitrogens with one attached hydrogen (secondary N) is 1. The summed E-state index contributed by atoms with van der Waals surface area (Å²) >= 11 is 1.46. The van der Waals surface area contributed by atoms with E-state index in [-0.39, 0.29) is 12.7 Å². The monoisotopic (exact) mass is 360 g/mol. The number of quaternary nitrogens is 1. The number of fused-ring (bicyclic) bond motifs is 2. The maximum atomic E-state index is 12.8. The van der Waals surface area contributed by atoms with Gasteiger partial charge in [-0.15, -0.1) is 0 Å². The molecule has 0 bridgehead atoms. The lowest BCUT2D eigenvalue weighted by atomic mass is 10.3. The maximum absolute atomic E-state index is 12.8. The Labute approximate surface area is 148 Å². The van der Waals surface area contributed by atoms with Crippen molar-refractivity contribution in [3.63, 3.8) is 0 Å². The molecule has 0 aliphatic carbocycles. The zero-order valence-corrected chi connectivity index (χ0v) is 14.8. The first-order valence-electron chi connectivity index (χ1n) is 7.96. The van der Waals surface area contributed by atoms with Gasteiger partial charge in [0.25, 0.3) is 5.91 Å². The van der Waals surface area contributed by atoms with E-state index in [1.807, 2.05) is 26.2 Å². The fourth-order valence-electron chi connectivity index (χ4n) is 2.57. The highest BCUT2D eigenvalue weighted by Gasteiger charge is 2.25. The molecule has 0 radical (unpaired) electrons. The topological polar surface area (TPSA) is 69.2 Å². The van der Waals surface area contributed by atoms with Crippen LogP contribution in [0.4, 0.5) is 5.13 Å². The van der Waals surface area contributed by atoms with Crippen LogP contribution in [0, 0.1) is 0 Å². The van der Waals surface area contributed by atoms with E-state index in [2.05, 4.69) is 4.98 Å². The Morgan fingerprint density at radius 1 is 1.32 bits per heavy atom. The van der Waals surface area contributed by atoms with Gasteiger partial charge in [0.1, 0.15) is 0 Å². The van der Waals surface area contributed by atoms with E-state index in [0.29, 0.717) is 28.9 Å². The van der Waals surface area contributed by atoms with E-state index in [9.17, 15) is 4.79 Å². The lowest BCUT2D eigenvalue weighted by Gasteiger charge is -2.19. The first kappa shape index (κ1) is 15.9. The van der Waals surface area contributed by atoms with Gasteiger partial charge in [-0.2, -0.15) is 0 Å². The van der Waals surface area contributed by atoms with Crippen LogP contribution < -0.4 is 19.3 Å². The van der Waals surface area contributed by atoms with Gasteiger partial charge in [0.2, 0.25) is 6.79 Å². The number of benzene rings is 1. The molecule has 3 heterocycles. The van der Waals surface area contributed by atoms with Crippen molar-refractivity contribution in [1.29, 1.82) is 0 Å². The summed E-state index contributed by atoms with van der Waals surface area (Å²) in [4.78, 5) is 20.4. The molecule has 1 aromatic carbocycles. The van der Waals surface area contributed by atoms with Gasteiger partial charge in [-0.1, -0.05) is 11.3 Å². The van der Waals surface area contributed by atoms with Gasteiger partial charge >= 0.3 is 0 Å². The highest BCUT2D eigenvalue weighted by Crippen LogP contribution is 2.39. The van der Waals surface area contributed by atoms with Gasteiger partial charge in [0.15, 0.2) is 22.4 Å². The minimum Gasteiger partial charge on any atom is -0.459 e. The molecule has 0 fully saturated rings. The number of carbonyl (C=O) groups excluding carboxylic acids is 1. The number of hydrogen-bond donors (Lipinski definition) is 1. The van der Waals surface area contributed by atoms with Gasteiger partial charge in [0.05, 0.1) is 43.7 Å². The van der Waals surface area contributed by atoms with E-state index in [4.69, 9.17) is 13.9 Å². The SMILES string of the molecule is C[NH+](C)CCN(C(=O)c1ccco1)c1nc2cc3c(cc2s1)OCO3. The first-order chi connectivity index (χ1) is 12.1. The molecule has 130 valence electrons. The number of anilines is 1. The summed E-state index contributed by atoms with van der Waals surface area (Å²) in [5.41, 5.74) is 0.790. The van der Waals surface area contributed by atoms with Crippen LogP contribution in [-0.4, -0.2) is 44.9 Å². The highest BCUT2D eigenvalue weighted by molar-refractivity contribution is 7.22. The molecular weight excluding hydrogens is 342 g/mol. The normalized spacial score (nSPS) is 12.9. The number of rotatable bonds is 5. The van der Waals surface area contributed by atoms with Crippen LogP contribution in [0.5, 0.6) is 11.5 Å². The Bertz CT molecular complexity index is 863. The van der Waals surface area contributed by atoms with Crippen molar-refractivity contribution < 1.29 is 23.6 Å². The summed E-state index contributed by atoms with van der Waals surface area (Å²) in [6, 6.07) is 7.14. The highest BCUT2D eigenvalue weighted by atomic mass is 32.1. The maximum Gasteiger partial charge on any atom is 0.295 e. The van der Waals surface area contributed by atoms with Crippen molar-refractivity contribution in [2.75, 3.05) is 38.9 Å². The van der Waals surface area contributed by atoms with Crippen molar-refractivity contribution >= 4 is 32.6 Å². The van der Waals surface area contributed by atoms with Gasteiger partial charge in [-0.05, 0) is 12.1 Å². The molecule has 0 spiro atoms. The third-order valence-electron chi connectivity index (χ3n) is 3.91. The molecule has 0 saturated heterocycles. The largest absolute Gasteiger partial charge is 0.459 e. The average Bonchev–Trinajstić information content (AvgIpc) is 3.31. The molecular formula is C17H18N3O4S+. The summed E-state index contributed by atoms with van der Waals surface area (Å²) in [5.74, 6) is 1.52. The van der Waals surface area contributed by atoms with E-state index in [1.54, 1.807) is 17.0 Å². The molecule has 8 heteroatoms. The number of aromatic nitrogens is 1. The van der Waals surface area contributed by atoms with Crippen LogP contribution in [0.3, 0.4) is 0 Å². The minimum absolute atomic E-state index is 0.189. The van der Waals surface area contributed by atoms with Crippen molar-refractivity contribution in [2.24, 2.45) is 0 Å². The molecule has 2 aromatic heterocycles. The third-order valence-corrected chi connectivity index (χ3v) is 4.96. The molecule has 7 nitrogen and oxygen atoms in total. The van der Waals surface area contributed by atoms with Crippen molar-refractivity contribution in [2.45, 2.75) is 0 Å². The van der Waals surface area contributed by atoms with Gasteiger partial charge in [-0.3, -0.25) is 9.69 Å². The van der Waals surface area contributed by atoms with Crippen LogP contribution in [0.15, 0.2) is 34.9 Å². The third kappa shape index (κ3) is 3.06. The Morgan fingerprint density at radius 2 is 2.12 bits per heavy atom. The minimum atomic E-state index is -0.189. The summed E-state index contributed by atoms with van der Waals surface area (Å²) in [6.45, 7) is 1.58. The number of hydrogen-bond acceptors (Lipinski definition) is 6. The lowest BCUT2D eigenvalue weighted by Crippen LogP contribution is -3.06. The van der Waals surface area contributed by atoms with E-state index >= 15 is 0 Å². The molecule has 0 atom stereocenters. The Balaban J connectivity index is 1.70. The fraction of sp³-hybridized carbons (Fsp3) is 0.294. The number of nitrogens with zero attached hydrogens (tertiary/aromatic N) is 2. The predicted molar refractivity (Wildman–Crippen MR) is 93.8 cm³/mol. The molecule has 1 aliphatic rings. The summed E-state index contributed by atoms with van der Waals surface area (Å²) in [5, 5.41) is 0.640. The Kier molecular flexibility index (Phi) is 4.06. The van der Waals surface area contributed by atoms with Crippen molar-refractivity contribution in [3.8, 4) is 11.5 Å². The van der Waals surface area contributed by atoms with Crippen LogP contribution in [0.2, 0.25) is 0 Å². The number of ether oxygens (including phenoxy) is 2. The second-order valence-electron chi connectivity index (χ2n) is 6.06. The van der Waals surface area contributed by atoms with Crippen molar-refractivity contribution in [3.05, 3.63) is 36.3 Å². The molecule has 0 unspecified atom stereocenters. The number of likely N-dealkylation sites (N-methyl/N-ethyl adjacent to an activating group) is 1. The molecule has 0 saturated carbocycles. The average molecular weight is 360 g/mol.